The molecule has 0 aromatic carbocycles. The lowest BCUT2D eigenvalue weighted by Gasteiger charge is -2.33. The quantitative estimate of drug-likeness (QED) is 0.415. The second kappa shape index (κ2) is 11.1. The zero-order valence-corrected chi connectivity index (χ0v) is 15.5. The van der Waals surface area contributed by atoms with Crippen LogP contribution in [0.15, 0.2) is 29.5 Å². The first kappa shape index (κ1) is 18.8. The summed E-state index contributed by atoms with van der Waals surface area (Å²) >= 11 is 0. The van der Waals surface area contributed by atoms with E-state index in [4.69, 9.17) is 4.99 Å². The molecule has 1 unspecified atom stereocenters. The molecule has 1 fully saturated rings. The molecule has 136 valence electrons. The van der Waals surface area contributed by atoms with Gasteiger partial charge in [-0.3, -0.25) is 4.99 Å². The van der Waals surface area contributed by atoms with E-state index < -0.39 is 0 Å². The minimum atomic E-state index is 0.773. The molecule has 1 aliphatic heterocycles. The standard InChI is InChI=1S/C19H35N5/c1-3-20-19(22-12-17-23-13-8-9-14-23)21-11-5-7-16-24-15-6-4-10-18(24)2/h8-9,13-14,18H,3-7,10-12,15-17H2,1-2H3,(H2,20,21,22). The van der Waals surface area contributed by atoms with E-state index in [1.54, 1.807) is 0 Å². The first-order valence-electron chi connectivity index (χ1n) is 9.66. The number of nitrogens with one attached hydrogen (secondary N) is 2. The number of likely N-dealkylation sites (tertiary alicyclic amines) is 1. The van der Waals surface area contributed by atoms with Crippen molar-refractivity contribution in [2.75, 3.05) is 32.7 Å². The fourth-order valence-electron chi connectivity index (χ4n) is 3.27. The molecule has 5 heteroatoms. The zero-order chi connectivity index (χ0) is 17.0. The highest BCUT2D eigenvalue weighted by Gasteiger charge is 2.16. The SMILES string of the molecule is CCNC(=NCCCCN1CCCCC1C)NCCn1cccc1. The van der Waals surface area contributed by atoms with Crippen LogP contribution in [-0.4, -0.2) is 54.2 Å². The zero-order valence-electron chi connectivity index (χ0n) is 15.5. The summed E-state index contributed by atoms with van der Waals surface area (Å²) in [6.45, 7) is 10.7. The number of hydrogen-bond donors (Lipinski definition) is 2. The van der Waals surface area contributed by atoms with Gasteiger partial charge in [0.05, 0.1) is 0 Å². The molecule has 1 aromatic rings. The fraction of sp³-hybridized carbons (Fsp3) is 0.737. The maximum Gasteiger partial charge on any atom is 0.191 e. The van der Waals surface area contributed by atoms with E-state index in [2.05, 4.69) is 58.5 Å². The molecule has 1 aromatic heterocycles. The van der Waals surface area contributed by atoms with Crippen LogP contribution in [0.4, 0.5) is 0 Å². The van der Waals surface area contributed by atoms with Crippen LogP contribution in [-0.2, 0) is 6.54 Å². The Morgan fingerprint density at radius 3 is 2.71 bits per heavy atom. The van der Waals surface area contributed by atoms with E-state index in [0.29, 0.717) is 0 Å². The van der Waals surface area contributed by atoms with Crippen molar-refractivity contribution < 1.29 is 0 Å². The number of aliphatic imine (C=N–C) groups is 1. The van der Waals surface area contributed by atoms with Gasteiger partial charge in [-0.15, -0.1) is 0 Å². The van der Waals surface area contributed by atoms with Gasteiger partial charge in [0.2, 0.25) is 0 Å². The highest BCUT2D eigenvalue weighted by atomic mass is 15.2. The van der Waals surface area contributed by atoms with Gasteiger partial charge >= 0.3 is 0 Å². The Morgan fingerprint density at radius 1 is 1.12 bits per heavy atom. The van der Waals surface area contributed by atoms with Gasteiger partial charge in [-0.25, -0.2) is 0 Å². The van der Waals surface area contributed by atoms with Crippen molar-refractivity contribution in [2.24, 2.45) is 4.99 Å². The lowest BCUT2D eigenvalue weighted by molar-refractivity contribution is 0.158. The third-order valence-electron chi connectivity index (χ3n) is 4.74. The maximum absolute atomic E-state index is 4.70. The number of unbranched alkanes of at least 4 members (excludes halogenated alkanes) is 1. The molecular formula is C19H35N5. The molecule has 2 heterocycles. The topological polar surface area (TPSA) is 44.6 Å². The van der Waals surface area contributed by atoms with Crippen molar-refractivity contribution >= 4 is 5.96 Å². The molecule has 1 aliphatic rings. The minimum absolute atomic E-state index is 0.773. The number of rotatable bonds is 9. The molecule has 0 amide bonds. The summed E-state index contributed by atoms with van der Waals surface area (Å²) in [5.74, 6) is 0.941. The molecule has 0 radical (unpaired) electrons. The van der Waals surface area contributed by atoms with Crippen molar-refractivity contribution in [1.82, 2.24) is 20.1 Å². The minimum Gasteiger partial charge on any atom is -0.357 e. The van der Waals surface area contributed by atoms with Gasteiger partial charge in [-0.05, 0) is 64.8 Å². The first-order chi connectivity index (χ1) is 11.8. The van der Waals surface area contributed by atoms with E-state index >= 15 is 0 Å². The lowest BCUT2D eigenvalue weighted by atomic mass is 10.0. The van der Waals surface area contributed by atoms with Crippen molar-refractivity contribution in [3.05, 3.63) is 24.5 Å². The molecule has 1 saturated heterocycles. The average molecular weight is 334 g/mol. The van der Waals surface area contributed by atoms with Crippen LogP contribution in [0.5, 0.6) is 0 Å². The lowest BCUT2D eigenvalue weighted by Crippen LogP contribution is -2.39. The van der Waals surface area contributed by atoms with E-state index in [1.807, 2.05) is 0 Å². The molecule has 24 heavy (non-hydrogen) atoms. The number of guanidine groups is 1. The largest absolute Gasteiger partial charge is 0.357 e. The van der Waals surface area contributed by atoms with Crippen LogP contribution in [0.3, 0.4) is 0 Å². The maximum atomic E-state index is 4.70. The van der Waals surface area contributed by atoms with Crippen LogP contribution in [0.25, 0.3) is 0 Å². The molecule has 0 saturated carbocycles. The van der Waals surface area contributed by atoms with E-state index in [-0.39, 0.29) is 0 Å². The summed E-state index contributed by atoms with van der Waals surface area (Å²) in [4.78, 5) is 7.35. The summed E-state index contributed by atoms with van der Waals surface area (Å²) < 4.78 is 2.18. The Morgan fingerprint density at radius 2 is 1.96 bits per heavy atom. The molecule has 0 spiro atoms. The third kappa shape index (κ3) is 6.95. The number of piperidine rings is 1. The van der Waals surface area contributed by atoms with Gasteiger partial charge in [0.25, 0.3) is 0 Å². The molecular weight excluding hydrogens is 298 g/mol. The second-order valence-corrected chi connectivity index (χ2v) is 6.70. The Kier molecular flexibility index (Phi) is 8.74. The highest BCUT2D eigenvalue weighted by molar-refractivity contribution is 5.79. The summed E-state index contributed by atoms with van der Waals surface area (Å²) in [5.41, 5.74) is 0. The molecule has 2 rings (SSSR count). The summed E-state index contributed by atoms with van der Waals surface area (Å²) in [5, 5.41) is 6.74. The van der Waals surface area contributed by atoms with E-state index in [1.165, 1.54) is 38.8 Å². The van der Waals surface area contributed by atoms with Crippen molar-refractivity contribution in [2.45, 2.75) is 58.5 Å². The number of aromatic nitrogens is 1. The first-order valence-corrected chi connectivity index (χ1v) is 9.66. The van der Waals surface area contributed by atoms with E-state index in [0.717, 1.165) is 44.6 Å². The van der Waals surface area contributed by atoms with Gasteiger partial charge in [-0.2, -0.15) is 0 Å². The van der Waals surface area contributed by atoms with Crippen molar-refractivity contribution in [3.63, 3.8) is 0 Å². The van der Waals surface area contributed by atoms with Crippen LogP contribution in [0.1, 0.15) is 46.0 Å². The summed E-state index contributed by atoms with van der Waals surface area (Å²) in [6.07, 6.45) is 10.7. The Hall–Kier alpha value is -1.49. The van der Waals surface area contributed by atoms with Gasteiger partial charge in [-0.1, -0.05) is 6.42 Å². The predicted molar refractivity (Wildman–Crippen MR) is 103 cm³/mol. The molecule has 0 aliphatic carbocycles. The predicted octanol–water partition coefficient (Wildman–Crippen LogP) is 2.70. The van der Waals surface area contributed by atoms with Gasteiger partial charge in [0, 0.05) is 44.6 Å². The summed E-state index contributed by atoms with van der Waals surface area (Å²) in [7, 11) is 0. The van der Waals surface area contributed by atoms with E-state index in [9.17, 15) is 0 Å². The molecule has 1 atom stereocenters. The molecule has 5 nitrogen and oxygen atoms in total. The Labute approximate surface area is 147 Å². The highest BCUT2D eigenvalue weighted by Crippen LogP contribution is 2.16. The molecule has 2 N–H and O–H groups in total. The van der Waals surface area contributed by atoms with Crippen molar-refractivity contribution in [1.29, 1.82) is 0 Å². The van der Waals surface area contributed by atoms with Gasteiger partial charge in [0.15, 0.2) is 5.96 Å². The van der Waals surface area contributed by atoms with Gasteiger partial charge < -0.3 is 20.1 Å². The number of hydrogen-bond acceptors (Lipinski definition) is 2. The summed E-state index contributed by atoms with van der Waals surface area (Å²) in [6, 6.07) is 4.89. The second-order valence-electron chi connectivity index (χ2n) is 6.70. The average Bonchev–Trinajstić information content (AvgIpc) is 3.09. The Bertz CT molecular complexity index is 454. The third-order valence-corrected chi connectivity index (χ3v) is 4.74. The van der Waals surface area contributed by atoms with Crippen LogP contribution < -0.4 is 10.6 Å². The fourth-order valence-corrected chi connectivity index (χ4v) is 3.27. The monoisotopic (exact) mass is 333 g/mol. The smallest absolute Gasteiger partial charge is 0.191 e. The number of nitrogens with zero attached hydrogens (tertiary/aromatic N) is 3. The van der Waals surface area contributed by atoms with Crippen LogP contribution in [0, 0.1) is 0 Å². The van der Waals surface area contributed by atoms with Gasteiger partial charge in [0.1, 0.15) is 0 Å². The Balaban J connectivity index is 1.61. The normalized spacial score (nSPS) is 19.4. The van der Waals surface area contributed by atoms with Crippen LogP contribution in [0.2, 0.25) is 0 Å². The molecule has 0 bridgehead atoms. The van der Waals surface area contributed by atoms with Crippen LogP contribution >= 0.6 is 0 Å². The van der Waals surface area contributed by atoms with Crippen molar-refractivity contribution in [3.8, 4) is 0 Å².